The van der Waals surface area contributed by atoms with Crippen LogP contribution in [0.15, 0.2) is 18.2 Å². The summed E-state index contributed by atoms with van der Waals surface area (Å²) in [7, 11) is 3.40. The molecule has 1 aromatic carbocycles. The Labute approximate surface area is 113 Å². The van der Waals surface area contributed by atoms with Gasteiger partial charge in [0.1, 0.15) is 0 Å². The summed E-state index contributed by atoms with van der Waals surface area (Å²) in [5.74, 6) is 0.330. The van der Waals surface area contributed by atoms with Gasteiger partial charge in [-0.05, 0) is 38.1 Å². The number of rotatable bonds is 3. The quantitative estimate of drug-likeness (QED) is 0.862. The van der Waals surface area contributed by atoms with Gasteiger partial charge in [0, 0.05) is 24.7 Å². The zero-order valence-corrected chi connectivity index (χ0v) is 11.3. The number of aromatic hydroxyl groups is 1. The fourth-order valence-electron chi connectivity index (χ4n) is 2.40. The number of hydrogen-bond donors (Lipinski definition) is 2. The third kappa shape index (κ3) is 2.98. The molecule has 5 heteroatoms. The van der Waals surface area contributed by atoms with E-state index in [4.69, 9.17) is 4.74 Å². The minimum Gasteiger partial charge on any atom is -0.504 e. The molecule has 19 heavy (non-hydrogen) atoms. The van der Waals surface area contributed by atoms with Gasteiger partial charge in [-0.2, -0.15) is 0 Å². The van der Waals surface area contributed by atoms with Gasteiger partial charge in [0.2, 0.25) is 0 Å². The molecule has 5 nitrogen and oxygen atoms in total. The van der Waals surface area contributed by atoms with E-state index in [0.717, 1.165) is 19.4 Å². The van der Waals surface area contributed by atoms with E-state index in [9.17, 15) is 9.90 Å². The Bertz CT molecular complexity index is 462. The molecule has 2 N–H and O–H groups in total. The number of methoxy groups -OCH3 is 1. The van der Waals surface area contributed by atoms with Crippen molar-refractivity contribution in [3.63, 3.8) is 0 Å². The summed E-state index contributed by atoms with van der Waals surface area (Å²) in [6.45, 7) is 1.48. The number of piperidine rings is 1. The van der Waals surface area contributed by atoms with Crippen LogP contribution in [0.25, 0.3) is 0 Å². The SMILES string of the molecule is CNC1CCCN(C(=O)c2ccc(OC)c(O)c2)C1. The van der Waals surface area contributed by atoms with Crippen LogP contribution in [0.1, 0.15) is 23.2 Å². The Hall–Kier alpha value is -1.75. The van der Waals surface area contributed by atoms with Crippen molar-refractivity contribution < 1.29 is 14.6 Å². The van der Waals surface area contributed by atoms with Crippen LogP contribution in [0, 0.1) is 0 Å². The number of phenolic OH excluding ortho intramolecular Hbond substituents is 1. The topological polar surface area (TPSA) is 61.8 Å². The molecular weight excluding hydrogens is 244 g/mol. The molecule has 0 spiro atoms. The second-order valence-corrected chi connectivity index (χ2v) is 4.77. The third-order valence-electron chi connectivity index (χ3n) is 3.54. The lowest BCUT2D eigenvalue weighted by atomic mass is 10.0. The first-order valence-corrected chi connectivity index (χ1v) is 6.49. The molecular formula is C14H20N2O3. The number of amides is 1. The highest BCUT2D eigenvalue weighted by molar-refractivity contribution is 5.95. The average molecular weight is 264 g/mol. The molecule has 1 aromatic rings. The Morgan fingerprint density at radius 3 is 2.95 bits per heavy atom. The predicted molar refractivity (Wildman–Crippen MR) is 72.6 cm³/mol. The number of carbonyl (C=O) groups excluding carboxylic acids is 1. The summed E-state index contributed by atoms with van der Waals surface area (Å²) >= 11 is 0. The molecule has 0 bridgehead atoms. The molecule has 1 saturated heterocycles. The van der Waals surface area contributed by atoms with E-state index < -0.39 is 0 Å². The second kappa shape index (κ2) is 5.93. The third-order valence-corrected chi connectivity index (χ3v) is 3.54. The maximum atomic E-state index is 12.4. The zero-order valence-electron chi connectivity index (χ0n) is 11.3. The molecule has 104 valence electrons. The lowest BCUT2D eigenvalue weighted by Crippen LogP contribution is -2.46. The van der Waals surface area contributed by atoms with Gasteiger partial charge in [0.15, 0.2) is 11.5 Å². The van der Waals surface area contributed by atoms with Gasteiger partial charge in [-0.3, -0.25) is 4.79 Å². The first-order valence-electron chi connectivity index (χ1n) is 6.49. The Morgan fingerprint density at radius 1 is 1.53 bits per heavy atom. The molecule has 0 aliphatic carbocycles. The van der Waals surface area contributed by atoms with Crippen LogP contribution in [-0.2, 0) is 0 Å². The first kappa shape index (κ1) is 13.7. The highest BCUT2D eigenvalue weighted by Gasteiger charge is 2.23. The average Bonchev–Trinajstić information content (AvgIpc) is 2.46. The number of carbonyl (C=O) groups is 1. The van der Waals surface area contributed by atoms with Crippen LogP contribution in [0.4, 0.5) is 0 Å². The van der Waals surface area contributed by atoms with Gasteiger partial charge >= 0.3 is 0 Å². The normalized spacial score (nSPS) is 19.3. The number of phenols is 1. The van der Waals surface area contributed by atoms with E-state index in [-0.39, 0.29) is 11.7 Å². The van der Waals surface area contributed by atoms with E-state index in [1.165, 1.54) is 13.2 Å². The highest BCUT2D eigenvalue weighted by Crippen LogP contribution is 2.27. The minimum atomic E-state index is -0.0436. The van der Waals surface area contributed by atoms with Gasteiger partial charge in [-0.1, -0.05) is 0 Å². The largest absolute Gasteiger partial charge is 0.504 e. The lowest BCUT2D eigenvalue weighted by Gasteiger charge is -2.32. The van der Waals surface area contributed by atoms with Gasteiger partial charge < -0.3 is 20.1 Å². The summed E-state index contributed by atoms with van der Waals surface area (Å²) < 4.78 is 4.97. The van der Waals surface area contributed by atoms with Crippen molar-refractivity contribution >= 4 is 5.91 Å². The number of hydrogen-bond acceptors (Lipinski definition) is 4. The molecule has 1 unspecified atom stereocenters. The number of likely N-dealkylation sites (tertiary alicyclic amines) is 1. The lowest BCUT2D eigenvalue weighted by molar-refractivity contribution is 0.0697. The Balaban J connectivity index is 2.12. The summed E-state index contributed by atoms with van der Waals surface area (Å²) in [6, 6.07) is 5.11. The molecule has 1 amide bonds. The fourth-order valence-corrected chi connectivity index (χ4v) is 2.40. The summed E-state index contributed by atoms with van der Waals surface area (Å²) in [5.41, 5.74) is 0.495. The van der Waals surface area contributed by atoms with Gasteiger partial charge in [0.25, 0.3) is 5.91 Å². The number of likely N-dealkylation sites (N-methyl/N-ethyl adjacent to an activating group) is 1. The molecule has 1 aliphatic rings. The fraction of sp³-hybridized carbons (Fsp3) is 0.500. The van der Waals surface area contributed by atoms with Crippen molar-refractivity contribution in [2.75, 3.05) is 27.2 Å². The number of benzene rings is 1. The monoisotopic (exact) mass is 264 g/mol. The zero-order chi connectivity index (χ0) is 13.8. The van der Waals surface area contributed by atoms with Crippen molar-refractivity contribution in [1.82, 2.24) is 10.2 Å². The Morgan fingerprint density at radius 2 is 2.32 bits per heavy atom. The van der Waals surface area contributed by atoms with Crippen molar-refractivity contribution in [2.45, 2.75) is 18.9 Å². The van der Waals surface area contributed by atoms with Crippen LogP contribution in [0.5, 0.6) is 11.5 Å². The standard InChI is InChI=1S/C14H20N2O3/c1-15-11-4-3-7-16(9-11)14(18)10-5-6-13(19-2)12(17)8-10/h5-6,8,11,15,17H,3-4,7,9H2,1-2H3. The van der Waals surface area contributed by atoms with Gasteiger partial charge in [-0.25, -0.2) is 0 Å². The van der Waals surface area contributed by atoms with Crippen LogP contribution in [0.3, 0.4) is 0 Å². The molecule has 0 radical (unpaired) electrons. The van der Waals surface area contributed by atoms with Crippen LogP contribution >= 0.6 is 0 Å². The predicted octanol–water partition coefficient (Wildman–Crippen LogP) is 1.22. The van der Waals surface area contributed by atoms with Gasteiger partial charge in [0.05, 0.1) is 7.11 Å². The number of ether oxygens (including phenoxy) is 1. The van der Waals surface area contributed by atoms with Crippen molar-refractivity contribution in [2.24, 2.45) is 0 Å². The molecule has 1 fully saturated rings. The van der Waals surface area contributed by atoms with Crippen molar-refractivity contribution in [1.29, 1.82) is 0 Å². The van der Waals surface area contributed by atoms with E-state index in [1.54, 1.807) is 12.1 Å². The highest BCUT2D eigenvalue weighted by atomic mass is 16.5. The van der Waals surface area contributed by atoms with E-state index in [2.05, 4.69) is 5.32 Å². The summed E-state index contributed by atoms with van der Waals surface area (Å²) in [4.78, 5) is 14.2. The molecule has 1 heterocycles. The van der Waals surface area contributed by atoms with Crippen molar-refractivity contribution in [3.8, 4) is 11.5 Å². The first-order chi connectivity index (χ1) is 9.15. The van der Waals surface area contributed by atoms with Crippen LogP contribution < -0.4 is 10.1 Å². The minimum absolute atomic E-state index is 0.00414. The smallest absolute Gasteiger partial charge is 0.254 e. The number of nitrogens with zero attached hydrogens (tertiary/aromatic N) is 1. The molecule has 0 saturated carbocycles. The van der Waals surface area contributed by atoms with E-state index >= 15 is 0 Å². The van der Waals surface area contributed by atoms with Gasteiger partial charge in [-0.15, -0.1) is 0 Å². The van der Waals surface area contributed by atoms with E-state index in [1.807, 2.05) is 11.9 Å². The second-order valence-electron chi connectivity index (χ2n) is 4.77. The summed E-state index contributed by atoms with van der Waals surface area (Å²) in [5, 5.41) is 12.9. The maximum Gasteiger partial charge on any atom is 0.254 e. The van der Waals surface area contributed by atoms with E-state index in [0.29, 0.717) is 23.9 Å². The van der Waals surface area contributed by atoms with Crippen molar-refractivity contribution in [3.05, 3.63) is 23.8 Å². The summed E-state index contributed by atoms with van der Waals surface area (Å²) in [6.07, 6.45) is 2.09. The number of nitrogens with one attached hydrogen (secondary N) is 1. The molecule has 2 rings (SSSR count). The molecule has 0 aromatic heterocycles. The maximum absolute atomic E-state index is 12.4. The molecule has 1 aliphatic heterocycles. The Kier molecular flexibility index (Phi) is 4.27. The molecule has 1 atom stereocenters. The van der Waals surface area contributed by atoms with Crippen LogP contribution in [0.2, 0.25) is 0 Å². The van der Waals surface area contributed by atoms with Crippen LogP contribution in [-0.4, -0.2) is 49.2 Å².